The first-order valence-electron chi connectivity index (χ1n) is 9.39. The molecule has 0 aromatic heterocycles. The fraction of sp³-hybridized carbons (Fsp3) is 0.944. The van der Waals surface area contributed by atoms with Crippen molar-refractivity contribution in [2.24, 2.45) is 5.92 Å². The Kier molecular flexibility index (Phi) is 11.8. The van der Waals surface area contributed by atoms with Gasteiger partial charge in [-0.1, -0.05) is 78.6 Å². The normalized spacial score (nSPS) is 15.9. The van der Waals surface area contributed by atoms with Crippen molar-refractivity contribution in [1.29, 1.82) is 0 Å². The SMILES string of the molecule is CCCCCCCCCCCC(=O)C(CO)(C(C)CC)S(=O)(=O)O. The maximum atomic E-state index is 12.5. The van der Waals surface area contributed by atoms with E-state index in [9.17, 15) is 22.9 Å². The van der Waals surface area contributed by atoms with E-state index in [-0.39, 0.29) is 6.42 Å². The maximum absolute atomic E-state index is 12.5. The predicted octanol–water partition coefficient (Wildman–Crippen LogP) is 4.14. The summed E-state index contributed by atoms with van der Waals surface area (Å²) in [7, 11) is -4.65. The smallest absolute Gasteiger partial charge is 0.280 e. The van der Waals surface area contributed by atoms with E-state index >= 15 is 0 Å². The van der Waals surface area contributed by atoms with Gasteiger partial charge in [0.2, 0.25) is 0 Å². The molecule has 0 aromatic carbocycles. The standard InChI is InChI=1S/C18H36O5S/c1-4-6-7-8-9-10-11-12-13-14-17(20)18(15-19,16(3)5-2)24(21,22)23/h16,19H,4-15H2,1-3H3,(H,21,22,23). The van der Waals surface area contributed by atoms with Gasteiger partial charge >= 0.3 is 0 Å². The fourth-order valence-electron chi connectivity index (χ4n) is 3.14. The number of carbonyl (C=O) groups is 1. The van der Waals surface area contributed by atoms with E-state index in [1.54, 1.807) is 13.8 Å². The average molecular weight is 365 g/mol. The first kappa shape index (κ1) is 23.5. The molecule has 0 radical (unpaired) electrons. The molecule has 24 heavy (non-hydrogen) atoms. The van der Waals surface area contributed by atoms with Gasteiger partial charge in [0.1, 0.15) is 0 Å². The number of Topliss-reactive ketones (excluding diaryl/α,β-unsaturated/α-hetero) is 1. The number of aliphatic hydroxyl groups excluding tert-OH is 1. The number of ketones is 1. The molecule has 0 rings (SSSR count). The lowest BCUT2D eigenvalue weighted by atomic mass is 9.85. The summed E-state index contributed by atoms with van der Waals surface area (Å²) in [6, 6.07) is 0. The zero-order chi connectivity index (χ0) is 18.6. The predicted molar refractivity (Wildman–Crippen MR) is 97.7 cm³/mol. The van der Waals surface area contributed by atoms with Crippen molar-refractivity contribution in [3.05, 3.63) is 0 Å². The second-order valence-electron chi connectivity index (χ2n) is 6.83. The molecule has 0 aliphatic rings. The molecule has 2 N–H and O–H groups in total. The lowest BCUT2D eigenvalue weighted by Gasteiger charge is -2.32. The third-order valence-electron chi connectivity index (χ3n) is 5.08. The fourth-order valence-corrected chi connectivity index (χ4v) is 4.36. The quantitative estimate of drug-likeness (QED) is 0.336. The Labute approximate surface area is 148 Å². The van der Waals surface area contributed by atoms with Gasteiger partial charge in [-0.25, -0.2) is 0 Å². The summed E-state index contributed by atoms with van der Waals surface area (Å²) in [5, 5.41) is 9.57. The third-order valence-corrected chi connectivity index (χ3v) is 6.76. The molecule has 2 atom stereocenters. The lowest BCUT2D eigenvalue weighted by molar-refractivity contribution is -0.124. The zero-order valence-corrected chi connectivity index (χ0v) is 16.4. The van der Waals surface area contributed by atoms with E-state index in [0.29, 0.717) is 12.8 Å². The number of hydrogen-bond donors (Lipinski definition) is 2. The molecule has 0 spiro atoms. The molecule has 2 unspecified atom stereocenters. The second kappa shape index (κ2) is 12.0. The van der Waals surface area contributed by atoms with E-state index in [0.717, 1.165) is 19.3 Å². The molecular formula is C18H36O5S. The summed E-state index contributed by atoms with van der Waals surface area (Å²) < 4.78 is 31.0. The topological polar surface area (TPSA) is 91.7 Å². The summed E-state index contributed by atoms with van der Waals surface area (Å²) in [4.78, 5) is 12.5. The number of unbranched alkanes of at least 4 members (excludes halogenated alkanes) is 8. The maximum Gasteiger partial charge on any atom is 0.280 e. The van der Waals surface area contributed by atoms with Crippen LogP contribution in [0.5, 0.6) is 0 Å². The lowest BCUT2D eigenvalue weighted by Crippen LogP contribution is -2.54. The van der Waals surface area contributed by atoms with Crippen LogP contribution in [0.1, 0.15) is 91.4 Å². The summed E-state index contributed by atoms with van der Waals surface area (Å²) in [5.74, 6) is -1.19. The van der Waals surface area contributed by atoms with Gasteiger partial charge in [0.15, 0.2) is 10.5 Å². The first-order valence-corrected chi connectivity index (χ1v) is 10.8. The molecule has 0 bridgehead atoms. The van der Waals surface area contributed by atoms with E-state index in [1.807, 2.05) is 0 Å². The highest BCUT2D eigenvalue weighted by atomic mass is 32.2. The van der Waals surface area contributed by atoms with Crippen LogP contribution in [-0.2, 0) is 14.9 Å². The minimum Gasteiger partial charge on any atom is -0.394 e. The Morgan fingerprint density at radius 1 is 0.958 bits per heavy atom. The van der Waals surface area contributed by atoms with Crippen LogP contribution in [-0.4, -0.2) is 35.2 Å². The highest BCUT2D eigenvalue weighted by molar-refractivity contribution is 7.88. The molecule has 5 nitrogen and oxygen atoms in total. The van der Waals surface area contributed by atoms with Gasteiger partial charge in [-0.15, -0.1) is 0 Å². The minimum absolute atomic E-state index is 0.0839. The molecule has 0 aromatic rings. The van der Waals surface area contributed by atoms with Crippen LogP contribution in [0.25, 0.3) is 0 Å². The van der Waals surface area contributed by atoms with E-state index in [4.69, 9.17) is 0 Å². The van der Waals surface area contributed by atoms with Crippen LogP contribution in [0, 0.1) is 5.92 Å². The van der Waals surface area contributed by atoms with Gasteiger partial charge in [0.25, 0.3) is 10.1 Å². The summed E-state index contributed by atoms with van der Waals surface area (Å²) >= 11 is 0. The second-order valence-corrected chi connectivity index (χ2v) is 8.51. The van der Waals surface area contributed by atoms with Crippen molar-refractivity contribution in [2.45, 2.75) is 96.1 Å². The Morgan fingerprint density at radius 3 is 1.79 bits per heavy atom. The molecular weight excluding hydrogens is 328 g/mol. The number of rotatable bonds is 15. The number of carbonyl (C=O) groups excluding carboxylic acids is 1. The number of hydrogen-bond acceptors (Lipinski definition) is 4. The Bertz CT molecular complexity index is 446. The van der Waals surface area contributed by atoms with Crippen LogP contribution in [0.2, 0.25) is 0 Å². The van der Waals surface area contributed by atoms with Crippen molar-refractivity contribution in [3.8, 4) is 0 Å². The van der Waals surface area contributed by atoms with Gasteiger partial charge in [-0.2, -0.15) is 8.42 Å². The van der Waals surface area contributed by atoms with Crippen LogP contribution in [0.15, 0.2) is 0 Å². The molecule has 0 saturated heterocycles. The van der Waals surface area contributed by atoms with E-state index in [1.165, 1.54) is 32.1 Å². The molecule has 144 valence electrons. The molecule has 0 amide bonds. The van der Waals surface area contributed by atoms with Crippen LogP contribution >= 0.6 is 0 Å². The minimum atomic E-state index is -4.65. The van der Waals surface area contributed by atoms with Gasteiger partial charge in [0.05, 0.1) is 6.61 Å². The van der Waals surface area contributed by atoms with Crippen molar-refractivity contribution >= 4 is 15.9 Å². The monoisotopic (exact) mass is 364 g/mol. The summed E-state index contributed by atoms with van der Waals surface area (Å²) in [5.41, 5.74) is 0. The highest BCUT2D eigenvalue weighted by Gasteiger charge is 2.52. The van der Waals surface area contributed by atoms with E-state index in [2.05, 4.69) is 6.92 Å². The number of aliphatic hydroxyl groups is 1. The summed E-state index contributed by atoms with van der Waals surface area (Å²) in [6.45, 7) is 4.65. The van der Waals surface area contributed by atoms with Crippen LogP contribution in [0.3, 0.4) is 0 Å². The van der Waals surface area contributed by atoms with Gasteiger partial charge in [0, 0.05) is 6.42 Å². The van der Waals surface area contributed by atoms with Gasteiger partial charge in [-0.05, 0) is 12.3 Å². The van der Waals surface area contributed by atoms with E-state index < -0.39 is 33.2 Å². The summed E-state index contributed by atoms with van der Waals surface area (Å²) in [6.07, 6.45) is 10.3. The molecule has 0 aliphatic heterocycles. The first-order chi connectivity index (χ1) is 11.3. The van der Waals surface area contributed by atoms with Crippen molar-refractivity contribution < 1.29 is 22.9 Å². The molecule has 0 aliphatic carbocycles. The molecule has 0 saturated carbocycles. The Morgan fingerprint density at radius 2 is 1.42 bits per heavy atom. The van der Waals surface area contributed by atoms with Crippen LogP contribution < -0.4 is 0 Å². The Balaban J connectivity index is 4.36. The highest BCUT2D eigenvalue weighted by Crippen LogP contribution is 2.31. The average Bonchev–Trinajstić information content (AvgIpc) is 2.52. The van der Waals surface area contributed by atoms with Gasteiger partial charge in [-0.3, -0.25) is 9.35 Å². The molecule has 6 heteroatoms. The molecule has 0 fully saturated rings. The zero-order valence-electron chi connectivity index (χ0n) is 15.6. The Hall–Kier alpha value is -0.460. The van der Waals surface area contributed by atoms with Crippen molar-refractivity contribution in [1.82, 2.24) is 0 Å². The van der Waals surface area contributed by atoms with Gasteiger partial charge < -0.3 is 5.11 Å². The van der Waals surface area contributed by atoms with Crippen molar-refractivity contribution in [2.75, 3.05) is 6.61 Å². The van der Waals surface area contributed by atoms with Crippen molar-refractivity contribution in [3.63, 3.8) is 0 Å². The molecule has 0 heterocycles. The third kappa shape index (κ3) is 6.81. The van der Waals surface area contributed by atoms with Crippen LogP contribution in [0.4, 0.5) is 0 Å². The largest absolute Gasteiger partial charge is 0.394 e.